The Morgan fingerprint density at radius 1 is 1.04 bits per heavy atom. The number of nitrogens with one attached hydrogen (secondary N) is 1. The van der Waals surface area contributed by atoms with Crippen LogP contribution in [0.5, 0.6) is 0 Å². The fourth-order valence-corrected chi connectivity index (χ4v) is 5.38. The van der Waals surface area contributed by atoms with E-state index < -0.39 is 0 Å². The molecule has 1 amide bonds. The third-order valence-corrected chi connectivity index (χ3v) is 6.64. The molecule has 4 fully saturated rings. The van der Waals surface area contributed by atoms with Crippen LogP contribution < -0.4 is 5.32 Å². The van der Waals surface area contributed by atoms with Gasteiger partial charge >= 0.3 is 0 Å². The van der Waals surface area contributed by atoms with Gasteiger partial charge in [-0.3, -0.25) is 9.69 Å². The molecule has 1 N–H and O–H groups in total. The maximum atomic E-state index is 12.7. The van der Waals surface area contributed by atoms with Crippen LogP contribution in [0.2, 0.25) is 0 Å². The summed E-state index contributed by atoms with van der Waals surface area (Å²) in [4.78, 5) is 17.4. The van der Waals surface area contributed by atoms with Gasteiger partial charge in [-0.25, -0.2) is 0 Å². The van der Waals surface area contributed by atoms with Gasteiger partial charge < -0.3 is 15.0 Å². The number of fused-ring (bicyclic) bond motifs is 2. The van der Waals surface area contributed by atoms with E-state index in [0.717, 1.165) is 52.0 Å². The molecule has 4 aliphatic rings. The van der Waals surface area contributed by atoms with Gasteiger partial charge in [0.1, 0.15) is 0 Å². The van der Waals surface area contributed by atoms with E-state index in [2.05, 4.69) is 22.0 Å². The molecule has 0 aromatic carbocycles. The number of nitrogens with zero attached hydrogens (tertiary/aromatic N) is 2. The first-order valence-corrected chi connectivity index (χ1v) is 10.1. The minimum atomic E-state index is 0. The Balaban J connectivity index is 0.00000121. The van der Waals surface area contributed by atoms with Crippen molar-refractivity contribution in [3.63, 3.8) is 0 Å². The number of hydrogen-bond donors (Lipinski definition) is 1. The van der Waals surface area contributed by atoms with Gasteiger partial charge in [0.15, 0.2) is 0 Å². The largest absolute Gasteiger partial charge is 0.376 e. The predicted octanol–water partition coefficient (Wildman–Crippen LogP) is 2.46. The molecule has 26 heavy (non-hydrogen) atoms. The summed E-state index contributed by atoms with van der Waals surface area (Å²) in [5.41, 5.74) is 0. The second-order valence-corrected chi connectivity index (χ2v) is 8.47. The van der Waals surface area contributed by atoms with Crippen molar-refractivity contribution < 1.29 is 9.53 Å². The number of piperidine rings is 2. The van der Waals surface area contributed by atoms with Gasteiger partial charge in [-0.05, 0) is 51.4 Å². The molecule has 0 aromatic heterocycles. The summed E-state index contributed by atoms with van der Waals surface area (Å²) < 4.78 is 5.65. The molecule has 4 aliphatic heterocycles. The fourth-order valence-electron chi connectivity index (χ4n) is 5.38. The van der Waals surface area contributed by atoms with Crippen LogP contribution in [0.25, 0.3) is 0 Å². The number of morpholine rings is 1. The minimum Gasteiger partial charge on any atom is -0.376 e. The molecule has 0 radical (unpaired) electrons. The van der Waals surface area contributed by atoms with E-state index in [-0.39, 0.29) is 24.8 Å². The van der Waals surface area contributed by atoms with Gasteiger partial charge in [0.25, 0.3) is 0 Å². The SMILES string of the molecule is CC1CN(C2CCN(C(=O)CC3CC4CCC(C3)N4)CC2)CCO1.Cl.Cl. The Morgan fingerprint density at radius 2 is 1.69 bits per heavy atom. The van der Waals surface area contributed by atoms with Gasteiger partial charge in [0, 0.05) is 50.7 Å². The molecule has 152 valence electrons. The first kappa shape index (κ1) is 22.2. The van der Waals surface area contributed by atoms with Gasteiger partial charge in [0.2, 0.25) is 5.91 Å². The number of amides is 1. The highest BCUT2D eigenvalue weighted by atomic mass is 35.5. The van der Waals surface area contributed by atoms with E-state index in [0.29, 0.717) is 36.1 Å². The minimum absolute atomic E-state index is 0. The van der Waals surface area contributed by atoms with Crippen LogP contribution in [0.4, 0.5) is 0 Å². The second kappa shape index (κ2) is 9.92. The molecule has 0 aliphatic carbocycles. The topological polar surface area (TPSA) is 44.8 Å². The van der Waals surface area contributed by atoms with Crippen LogP contribution in [-0.2, 0) is 9.53 Å². The molecule has 7 heteroatoms. The summed E-state index contributed by atoms with van der Waals surface area (Å²) in [5, 5.41) is 3.68. The average Bonchev–Trinajstić information content (AvgIpc) is 2.93. The summed E-state index contributed by atoms with van der Waals surface area (Å²) >= 11 is 0. The number of halogens is 2. The van der Waals surface area contributed by atoms with Crippen molar-refractivity contribution in [2.24, 2.45) is 5.92 Å². The normalized spacial score (nSPS) is 35.5. The van der Waals surface area contributed by atoms with Crippen LogP contribution in [0.15, 0.2) is 0 Å². The van der Waals surface area contributed by atoms with Crippen molar-refractivity contribution in [3.8, 4) is 0 Å². The van der Waals surface area contributed by atoms with E-state index in [1.54, 1.807) is 0 Å². The highest BCUT2D eigenvalue weighted by Crippen LogP contribution is 2.33. The zero-order valence-corrected chi connectivity index (χ0v) is 17.5. The Morgan fingerprint density at radius 3 is 2.31 bits per heavy atom. The monoisotopic (exact) mass is 407 g/mol. The van der Waals surface area contributed by atoms with Crippen molar-refractivity contribution in [2.75, 3.05) is 32.8 Å². The first-order valence-electron chi connectivity index (χ1n) is 10.1. The average molecular weight is 408 g/mol. The number of rotatable bonds is 3. The molecule has 0 spiro atoms. The standard InChI is InChI=1S/C19H33N3O2.2ClH/c1-14-13-22(8-9-24-14)18-4-6-21(7-5-18)19(23)12-15-10-16-2-3-17(11-15)20-16;;/h14-18,20H,2-13H2,1H3;2*1H. The third kappa shape index (κ3) is 5.26. The van der Waals surface area contributed by atoms with E-state index in [4.69, 9.17) is 4.74 Å². The molecular weight excluding hydrogens is 373 g/mol. The summed E-state index contributed by atoms with van der Waals surface area (Å²) in [6.45, 7) is 7.03. The van der Waals surface area contributed by atoms with Crippen molar-refractivity contribution in [1.29, 1.82) is 0 Å². The van der Waals surface area contributed by atoms with Gasteiger partial charge in [-0.2, -0.15) is 0 Å². The van der Waals surface area contributed by atoms with E-state index in [1.807, 2.05) is 0 Å². The lowest BCUT2D eigenvalue weighted by Gasteiger charge is -2.42. The lowest BCUT2D eigenvalue weighted by molar-refractivity contribution is -0.134. The molecular formula is C19H35Cl2N3O2. The highest BCUT2D eigenvalue weighted by Gasteiger charge is 2.35. The number of ether oxygens (including phenoxy) is 1. The van der Waals surface area contributed by atoms with Crippen molar-refractivity contribution >= 4 is 30.7 Å². The first-order chi connectivity index (χ1) is 11.7. The lowest BCUT2D eigenvalue weighted by atomic mass is 9.89. The summed E-state index contributed by atoms with van der Waals surface area (Å²) in [5.74, 6) is 1.03. The van der Waals surface area contributed by atoms with Gasteiger partial charge in [-0.1, -0.05) is 0 Å². The Kier molecular flexibility index (Phi) is 8.48. The van der Waals surface area contributed by atoms with Crippen molar-refractivity contribution in [3.05, 3.63) is 0 Å². The molecule has 4 saturated heterocycles. The maximum absolute atomic E-state index is 12.7. The zero-order chi connectivity index (χ0) is 16.5. The highest BCUT2D eigenvalue weighted by molar-refractivity contribution is 5.85. The number of likely N-dealkylation sites (tertiary alicyclic amines) is 1. The Hall–Kier alpha value is -0.0700. The molecule has 5 nitrogen and oxygen atoms in total. The third-order valence-electron chi connectivity index (χ3n) is 6.64. The summed E-state index contributed by atoms with van der Waals surface area (Å²) in [6, 6.07) is 2.03. The molecule has 0 aromatic rings. The molecule has 0 saturated carbocycles. The van der Waals surface area contributed by atoms with Crippen LogP contribution in [-0.4, -0.2) is 72.7 Å². The fraction of sp³-hybridized carbons (Fsp3) is 0.947. The van der Waals surface area contributed by atoms with Crippen LogP contribution in [0, 0.1) is 5.92 Å². The zero-order valence-electron chi connectivity index (χ0n) is 15.9. The van der Waals surface area contributed by atoms with Crippen LogP contribution >= 0.6 is 24.8 Å². The maximum Gasteiger partial charge on any atom is 0.222 e. The number of carbonyl (C=O) groups excluding carboxylic acids is 1. The molecule has 3 atom stereocenters. The predicted molar refractivity (Wildman–Crippen MR) is 108 cm³/mol. The van der Waals surface area contributed by atoms with E-state index in [9.17, 15) is 4.79 Å². The van der Waals surface area contributed by atoms with Crippen molar-refractivity contribution in [1.82, 2.24) is 15.1 Å². The molecule has 2 bridgehead atoms. The molecule has 4 heterocycles. The van der Waals surface area contributed by atoms with Crippen LogP contribution in [0.3, 0.4) is 0 Å². The smallest absolute Gasteiger partial charge is 0.222 e. The van der Waals surface area contributed by atoms with E-state index >= 15 is 0 Å². The van der Waals surface area contributed by atoms with Gasteiger partial charge in [0.05, 0.1) is 12.7 Å². The van der Waals surface area contributed by atoms with Crippen molar-refractivity contribution in [2.45, 2.75) is 76.1 Å². The molecule has 4 rings (SSSR count). The second-order valence-electron chi connectivity index (χ2n) is 8.47. The summed E-state index contributed by atoms with van der Waals surface area (Å²) in [6.07, 6.45) is 8.47. The quantitative estimate of drug-likeness (QED) is 0.780. The Labute approximate surface area is 170 Å². The lowest BCUT2D eigenvalue weighted by Crippen LogP contribution is -2.52. The number of carbonyl (C=O) groups is 1. The van der Waals surface area contributed by atoms with Gasteiger partial charge in [-0.15, -0.1) is 24.8 Å². The number of hydrogen-bond acceptors (Lipinski definition) is 4. The van der Waals surface area contributed by atoms with Crippen LogP contribution in [0.1, 0.15) is 51.9 Å². The Bertz CT molecular complexity index is 448. The molecule has 3 unspecified atom stereocenters. The van der Waals surface area contributed by atoms with E-state index in [1.165, 1.54) is 25.7 Å². The summed E-state index contributed by atoms with van der Waals surface area (Å²) in [7, 11) is 0.